The van der Waals surface area contributed by atoms with Crippen molar-refractivity contribution in [3.8, 4) is 28.9 Å². The fourth-order valence-electron chi connectivity index (χ4n) is 8.28. The van der Waals surface area contributed by atoms with Crippen molar-refractivity contribution in [3.05, 3.63) is 28.5 Å². The summed E-state index contributed by atoms with van der Waals surface area (Å²) in [5.41, 5.74) is 0.417. The van der Waals surface area contributed by atoms with Crippen LogP contribution in [0.3, 0.4) is 0 Å². The molecule has 2 saturated heterocycles. The number of benzene rings is 1. The van der Waals surface area contributed by atoms with Crippen molar-refractivity contribution in [3.63, 3.8) is 0 Å². The second-order valence-electron chi connectivity index (χ2n) is 13.5. The van der Waals surface area contributed by atoms with Crippen LogP contribution in [0.2, 0.25) is 5.02 Å². The van der Waals surface area contributed by atoms with Crippen molar-refractivity contribution in [2.45, 2.75) is 74.5 Å². The lowest BCUT2D eigenvalue weighted by molar-refractivity contribution is 0.0603. The van der Waals surface area contributed by atoms with Crippen LogP contribution in [0.5, 0.6) is 17.6 Å². The number of phenolic OH excluding ortho intramolecular Hbond substituents is 1. The van der Waals surface area contributed by atoms with Crippen LogP contribution in [-0.4, -0.2) is 87.3 Å². The Morgan fingerprint density at radius 1 is 1.16 bits per heavy atom. The lowest BCUT2D eigenvalue weighted by atomic mass is 9.66. The van der Waals surface area contributed by atoms with E-state index in [9.17, 15) is 14.6 Å². The minimum absolute atomic E-state index is 0.00125. The molecule has 5 heterocycles. The molecule has 0 bridgehead atoms. The Morgan fingerprint density at radius 2 is 1.98 bits per heavy atom. The fraction of sp³-hybridized carbons (Fsp3) is 0.594. The van der Waals surface area contributed by atoms with E-state index < -0.39 is 17.5 Å². The van der Waals surface area contributed by atoms with Crippen LogP contribution in [0.15, 0.2) is 12.1 Å². The number of alkyl halides is 1. The molecule has 0 radical (unpaired) electrons. The average Bonchev–Trinajstić information content (AvgIpc) is 3.65. The van der Waals surface area contributed by atoms with E-state index in [-0.39, 0.29) is 59.4 Å². The van der Waals surface area contributed by atoms with Crippen LogP contribution in [0, 0.1) is 11.7 Å². The zero-order valence-electron chi connectivity index (χ0n) is 24.7. The van der Waals surface area contributed by atoms with Crippen LogP contribution in [0.25, 0.3) is 22.2 Å². The molecule has 4 fully saturated rings. The standard InChI is InChI=1S/C32H36ClF2N5O4/c1-39-28-24-27(37-30(38-28)44-16-32-5-2-7-40(32)14-19(34)13-32)25(35)26(21-9-20(42)10-22(33)23(21)18-3-4-18)36-29(24)43-8-6-31(39)11-17(12-31)15-41/h9-10,17-19,41-42H,2-8,11-16H2,1H3/t17?,19-,31?,32+/m1/s1. The fourth-order valence-corrected chi connectivity index (χ4v) is 8.65. The Hall–Kier alpha value is -3.02. The van der Waals surface area contributed by atoms with Gasteiger partial charge in [0.25, 0.3) is 0 Å². The summed E-state index contributed by atoms with van der Waals surface area (Å²) in [5, 5.41) is 21.0. The molecule has 8 rings (SSSR count). The van der Waals surface area contributed by atoms with Gasteiger partial charge in [-0.1, -0.05) is 11.6 Å². The topological polar surface area (TPSA) is 104 Å². The third kappa shape index (κ3) is 4.41. The summed E-state index contributed by atoms with van der Waals surface area (Å²) in [6.45, 7) is 1.86. The molecule has 3 aliphatic heterocycles. The molecule has 2 saturated carbocycles. The molecule has 9 nitrogen and oxygen atoms in total. The van der Waals surface area contributed by atoms with Gasteiger partial charge in [-0.05, 0) is 74.6 Å². The molecule has 44 heavy (non-hydrogen) atoms. The van der Waals surface area contributed by atoms with Crippen molar-refractivity contribution in [1.29, 1.82) is 0 Å². The molecule has 1 aromatic carbocycles. The van der Waals surface area contributed by atoms with Crippen LogP contribution in [0.4, 0.5) is 14.6 Å². The molecule has 0 unspecified atom stereocenters. The van der Waals surface area contributed by atoms with Gasteiger partial charge in [0.2, 0.25) is 5.88 Å². The Morgan fingerprint density at radius 3 is 2.75 bits per heavy atom. The molecule has 2 N–H and O–H groups in total. The maximum absolute atomic E-state index is 16.9. The Bertz CT molecular complexity index is 1650. The number of phenols is 1. The second-order valence-corrected chi connectivity index (χ2v) is 13.9. The van der Waals surface area contributed by atoms with Crippen molar-refractivity contribution in [1.82, 2.24) is 19.9 Å². The molecule has 2 aromatic heterocycles. The SMILES string of the molecule is CN1c2nc(OC[C@@]34CCCN3C[C@H](F)C4)nc3c(F)c(-c4cc(O)cc(Cl)c4C4CC4)nc(c23)OCCC12CC(CO)C2. The van der Waals surface area contributed by atoms with Gasteiger partial charge in [0.1, 0.15) is 40.9 Å². The van der Waals surface area contributed by atoms with Gasteiger partial charge in [0, 0.05) is 49.2 Å². The number of aliphatic hydroxyl groups excluding tert-OH is 1. The van der Waals surface area contributed by atoms with E-state index in [0.29, 0.717) is 47.8 Å². The first-order chi connectivity index (χ1) is 21.2. The molecule has 2 aliphatic carbocycles. The quantitative estimate of drug-likeness (QED) is 0.373. The summed E-state index contributed by atoms with van der Waals surface area (Å²) < 4.78 is 43.9. The molecule has 234 valence electrons. The summed E-state index contributed by atoms with van der Waals surface area (Å²) in [5.74, 6) is 0.207. The molecular formula is C32H36ClF2N5O4. The summed E-state index contributed by atoms with van der Waals surface area (Å²) in [6.07, 6.45) is 5.27. The highest BCUT2D eigenvalue weighted by Crippen LogP contribution is 2.52. The van der Waals surface area contributed by atoms with Crippen LogP contribution < -0.4 is 14.4 Å². The number of nitrogens with zero attached hydrogens (tertiary/aromatic N) is 5. The Balaban J connectivity index is 1.29. The largest absolute Gasteiger partial charge is 0.508 e. The van der Waals surface area contributed by atoms with Gasteiger partial charge in [-0.25, -0.2) is 13.8 Å². The van der Waals surface area contributed by atoms with Crippen LogP contribution in [-0.2, 0) is 0 Å². The summed E-state index contributed by atoms with van der Waals surface area (Å²) in [4.78, 5) is 18.4. The monoisotopic (exact) mass is 627 g/mol. The van der Waals surface area contributed by atoms with Gasteiger partial charge < -0.3 is 24.6 Å². The van der Waals surface area contributed by atoms with Crippen molar-refractivity contribution in [2.75, 3.05) is 44.9 Å². The summed E-state index contributed by atoms with van der Waals surface area (Å²) in [7, 11) is 1.93. The Labute approximate surface area is 259 Å². The highest BCUT2D eigenvalue weighted by molar-refractivity contribution is 6.32. The summed E-state index contributed by atoms with van der Waals surface area (Å²) >= 11 is 6.58. The smallest absolute Gasteiger partial charge is 0.319 e. The number of pyridine rings is 1. The van der Waals surface area contributed by atoms with E-state index >= 15 is 4.39 Å². The number of aromatic nitrogens is 3. The van der Waals surface area contributed by atoms with Gasteiger partial charge in [0.15, 0.2) is 5.82 Å². The van der Waals surface area contributed by atoms with Gasteiger partial charge in [-0.3, -0.25) is 4.90 Å². The first-order valence-electron chi connectivity index (χ1n) is 15.6. The lowest BCUT2D eigenvalue weighted by Gasteiger charge is -2.54. The second kappa shape index (κ2) is 10.3. The first kappa shape index (κ1) is 28.5. The van der Waals surface area contributed by atoms with Gasteiger partial charge in [0.05, 0.1) is 12.1 Å². The lowest BCUT2D eigenvalue weighted by Crippen LogP contribution is -2.58. The van der Waals surface area contributed by atoms with E-state index in [1.807, 2.05) is 7.05 Å². The van der Waals surface area contributed by atoms with Gasteiger partial charge in [-0.15, -0.1) is 0 Å². The number of aliphatic hydroxyl groups is 1. The van der Waals surface area contributed by atoms with E-state index in [2.05, 4.69) is 14.8 Å². The van der Waals surface area contributed by atoms with E-state index in [0.717, 1.165) is 50.6 Å². The Kier molecular flexibility index (Phi) is 6.63. The maximum atomic E-state index is 16.9. The number of fused-ring (bicyclic) bond motifs is 1. The average molecular weight is 628 g/mol. The number of hydrogen-bond donors (Lipinski definition) is 2. The molecule has 12 heteroatoms. The maximum Gasteiger partial charge on any atom is 0.319 e. The molecule has 0 amide bonds. The van der Waals surface area contributed by atoms with E-state index in [1.165, 1.54) is 12.1 Å². The zero-order chi connectivity index (χ0) is 30.4. The summed E-state index contributed by atoms with van der Waals surface area (Å²) in [6, 6.07) is 2.98. The molecular weight excluding hydrogens is 592 g/mol. The predicted molar refractivity (Wildman–Crippen MR) is 161 cm³/mol. The number of anilines is 1. The number of halogens is 3. The highest BCUT2D eigenvalue weighted by atomic mass is 35.5. The normalized spacial score (nSPS) is 29.8. The molecule has 3 aromatic rings. The van der Waals surface area contributed by atoms with Crippen LogP contribution in [0.1, 0.15) is 62.8 Å². The van der Waals surface area contributed by atoms with Gasteiger partial charge >= 0.3 is 6.01 Å². The number of ether oxygens (including phenoxy) is 2. The molecule has 5 aliphatic rings. The number of hydrogen-bond acceptors (Lipinski definition) is 9. The highest BCUT2D eigenvalue weighted by Gasteiger charge is 2.51. The first-order valence-corrected chi connectivity index (χ1v) is 16.0. The number of aromatic hydroxyl groups is 1. The van der Waals surface area contributed by atoms with Crippen molar-refractivity contribution < 1.29 is 28.5 Å². The minimum Gasteiger partial charge on any atom is -0.508 e. The van der Waals surface area contributed by atoms with Crippen LogP contribution >= 0.6 is 11.6 Å². The predicted octanol–water partition coefficient (Wildman–Crippen LogP) is 5.38. The zero-order valence-corrected chi connectivity index (χ0v) is 25.4. The van der Waals surface area contributed by atoms with Crippen molar-refractivity contribution in [2.24, 2.45) is 5.92 Å². The van der Waals surface area contributed by atoms with Gasteiger partial charge in [-0.2, -0.15) is 9.97 Å². The minimum atomic E-state index is -0.908. The third-order valence-corrected chi connectivity index (χ3v) is 11.0. The van der Waals surface area contributed by atoms with E-state index in [4.69, 9.17) is 31.0 Å². The van der Waals surface area contributed by atoms with Crippen molar-refractivity contribution >= 4 is 28.3 Å². The third-order valence-electron chi connectivity index (χ3n) is 10.7. The number of rotatable bonds is 6. The molecule has 1 spiro atoms. The molecule has 2 atom stereocenters. The van der Waals surface area contributed by atoms with E-state index in [1.54, 1.807) is 0 Å².